The standard InChI is InChI=1S/C12H21NO2/c1-6-14-7-2-11(1)13-5-3-12(9-13)4-8-15-10-12/h11H,1-10H2/t12-/m0/s1. The molecular formula is C12H21NO2. The molecule has 1 atom stereocenters. The quantitative estimate of drug-likeness (QED) is 0.652. The molecule has 0 aromatic rings. The average Bonchev–Trinajstić information content (AvgIpc) is 2.91. The Morgan fingerprint density at radius 3 is 2.60 bits per heavy atom. The van der Waals surface area contributed by atoms with E-state index < -0.39 is 0 Å². The summed E-state index contributed by atoms with van der Waals surface area (Å²) in [5, 5.41) is 0. The maximum atomic E-state index is 5.57. The lowest BCUT2D eigenvalue weighted by Crippen LogP contribution is -2.39. The fourth-order valence-corrected chi connectivity index (χ4v) is 3.30. The van der Waals surface area contributed by atoms with Crippen LogP contribution in [0.5, 0.6) is 0 Å². The van der Waals surface area contributed by atoms with Crippen molar-refractivity contribution in [1.29, 1.82) is 0 Å². The van der Waals surface area contributed by atoms with Gasteiger partial charge in [0, 0.05) is 37.8 Å². The van der Waals surface area contributed by atoms with Crippen molar-refractivity contribution in [2.75, 3.05) is 39.5 Å². The van der Waals surface area contributed by atoms with Gasteiger partial charge in [-0.3, -0.25) is 4.90 Å². The summed E-state index contributed by atoms with van der Waals surface area (Å²) in [5.74, 6) is 0. The number of hydrogen-bond donors (Lipinski definition) is 0. The van der Waals surface area contributed by atoms with E-state index in [1.165, 1.54) is 38.8 Å². The normalized spacial score (nSPS) is 39.2. The molecule has 0 radical (unpaired) electrons. The van der Waals surface area contributed by atoms with Crippen LogP contribution in [-0.2, 0) is 9.47 Å². The molecule has 15 heavy (non-hydrogen) atoms. The first-order valence-electron chi connectivity index (χ1n) is 6.28. The number of nitrogens with zero attached hydrogens (tertiary/aromatic N) is 1. The molecule has 3 rings (SSSR count). The van der Waals surface area contributed by atoms with Gasteiger partial charge in [0.1, 0.15) is 0 Å². The molecule has 1 spiro atoms. The molecule has 3 saturated heterocycles. The molecule has 3 heteroatoms. The van der Waals surface area contributed by atoms with Crippen LogP contribution in [0.1, 0.15) is 25.7 Å². The molecule has 3 fully saturated rings. The SMILES string of the molecule is C1CC(N2CC[C@]3(CCOC3)C2)CCO1. The van der Waals surface area contributed by atoms with Gasteiger partial charge >= 0.3 is 0 Å². The second-order valence-corrected chi connectivity index (χ2v) is 5.37. The Balaban J connectivity index is 1.60. The maximum absolute atomic E-state index is 5.57. The van der Waals surface area contributed by atoms with Crippen molar-refractivity contribution < 1.29 is 9.47 Å². The summed E-state index contributed by atoms with van der Waals surface area (Å²) in [6.45, 7) is 6.48. The van der Waals surface area contributed by atoms with Crippen LogP contribution in [0.2, 0.25) is 0 Å². The zero-order chi connectivity index (χ0) is 10.1. The van der Waals surface area contributed by atoms with E-state index in [9.17, 15) is 0 Å². The molecule has 0 saturated carbocycles. The highest BCUT2D eigenvalue weighted by molar-refractivity contribution is 4.94. The summed E-state index contributed by atoms with van der Waals surface area (Å²) in [5.41, 5.74) is 0.526. The lowest BCUT2D eigenvalue weighted by molar-refractivity contribution is 0.0375. The lowest BCUT2D eigenvalue weighted by atomic mass is 9.87. The van der Waals surface area contributed by atoms with E-state index in [1.807, 2.05) is 0 Å². The summed E-state index contributed by atoms with van der Waals surface area (Å²) in [6, 6.07) is 0.790. The smallest absolute Gasteiger partial charge is 0.0536 e. The number of likely N-dealkylation sites (tertiary alicyclic amines) is 1. The fourth-order valence-electron chi connectivity index (χ4n) is 3.30. The van der Waals surface area contributed by atoms with Crippen molar-refractivity contribution in [3.8, 4) is 0 Å². The van der Waals surface area contributed by atoms with Gasteiger partial charge in [-0.1, -0.05) is 0 Å². The average molecular weight is 211 g/mol. The van der Waals surface area contributed by atoms with Crippen LogP contribution in [0.3, 0.4) is 0 Å². The third kappa shape index (κ3) is 1.93. The van der Waals surface area contributed by atoms with Crippen LogP contribution >= 0.6 is 0 Å². The zero-order valence-electron chi connectivity index (χ0n) is 9.41. The van der Waals surface area contributed by atoms with Crippen molar-refractivity contribution in [2.24, 2.45) is 5.41 Å². The van der Waals surface area contributed by atoms with Crippen LogP contribution < -0.4 is 0 Å². The monoisotopic (exact) mass is 211 g/mol. The summed E-state index contributed by atoms with van der Waals surface area (Å²) in [6.07, 6.45) is 5.10. The molecule has 0 unspecified atom stereocenters. The predicted molar refractivity (Wildman–Crippen MR) is 57.9 cm³/mol. The predicted octanol–water partition coefficient (Wildman–Crippen LogP) is 1.28. The summed E-state index contributed by atoms with van der Waals surface area (Å²) >= 11 is 0. The van der Waals surface area contributed by atoms with Crippen LogP contribution in [-0.4, -0.2) is 50.5 Å². The van der Waals surface area contributed by atoms with Crippen molar-refractivity contribution >= 4 is 0 Å². The third-order valence-corrected chi connectivity index (χ3v) is 4.36. The minimum absolute atomic E-state index is 0.526. The third-order valence-electron chi connectivity index (χ3n) is 4.36. The molecule has 0 aromatic carbocycles. The van der Waals surface area contributed by atoms with Gasteiger partial charge in [0.25, 0.3) is 0 Å². The van der Waals surface area contributed by atoms with Gasteiger partial charge in [0.2, 0.25) is 0 Å². The van der Waals surface area contributed by atoms with Crippen LogP contribution in [0.25, 0.3) is 0 Å². The molecule has 0 aromatic heterocycles. The number of hydrogen-bond acceptors (Lipinski definition) is 3. The van der Waals surface area contributed by atoms with Crippen LogP contribution in [0.15, 0.2) is 0 Å². The second-order valence-electron chi connectivity index (χ2n) is 5.37. The highest BCUT2D eigenvalue weighted by atomic mass is 16.5. The van der Waals surface area contributed by atoms with Crippen LogP contribution in [0.4, 0.5) is 0 Å². The van der Waals surface area contributed by atoms with Crippen molar-refractivity contribution in [3.63, 3.8) is 0 Å². The van der Waals surface area contributed by atoms with Crippen molar-refractivity contribution in [1.82, 2.24) is 4.90 Å². The maximum Gasteiger partial charge on any atom is 0.0536 e. The molecule has 0 N–H and O–H groups in total. The zero-order valence-corrected chi connectivity index (χ0v) is 9.41. The van der Waals surface area contributed by atoms with Crippen LogP contribution in [0, 0.1) is 5.41 Å². The van der Waals surface area contributed by atoms with Gasteiger partial charge in [-0.05, 0) is 32.2 Å². The Labute approximate surface area is 91.7 Å². The summed E-state index contributed by atoms with van der Waals surface area (Å²) in [7, 11) is 0. The molecule has 0 aliphatic carbocycles. The fraction of sp³-hybridized carbons (Fsp3) is 1.00. The highest BCUT2D eigenvalue weighted by Crippen LogP contribution is 2.39. The van der Waals surface area contributed by atoms with Gasteiger partial charge < -0.3 is 9.47 Å². The largest absolute Gasteiger partial charge is 0.381 e. The van der Waals surface area contributed by atoms with E-state index in [0.717, 1.165) is 32.5 Å². The van der Waals surface area contributed by atoms with Gasteiger partial charge in [0.15, 0.2) is 0 Å². The van der Waals surface area contributed by atoms with Gasteiger partial charge in [-0.25, -0.2) is 0 Å². The van der Waals surface area contributed by atoms with Gasteiger partial charge in [-0.2, -0.15) is 0 Å². The molecule has 0 bridgehead atoms. The van der Waals surface area contributed by atoms with Crippen molar-refractivity contribution in [2.45, 2.75) is 31.7 Å². The molecule has 3 heterocycles. The Kier molecular flexibility index (Phi) is 2.71. The van der Waals surface area contributed by atoms with E-state index in [0.29, 0.717) is 5.41 Å². The van der Waals surface area contributed by atoms with E-state index in [-0.39, 0.29) is 0 Å². The van der Waals surface area contributed by atoms with E-state index in [2.05, 4.69) is 4.90 Å². The first-order chi connectivity index (χ1) is 7.38. The molecular weight excluding hydrogens is 190 g/mol. The minimum Gasteiger partial charge on any atom is -0.381 e. The van der Waals surface area contributed by atoms with Gasteiger partial charge in [0.05, 0.1) is 6.61 Å². The molecule has 3 nitrogen and oxygen atoms in total. The van der Waals surface area contributed by atoms with E-state index >= 15 is 0 Å². The minimum atomic E-state index is 0.526. The Morgan fingerprint density at radius 2 is 1.87 bits per heavy atom. The second kappa shape index (κ2) is 4.04. The Hall–Kier alpha value is -0.120. The first kappa shape index (κ1) is 10.1. The molecule has 3 aliphatic rings. The Bertz CT molecular complexity index is 220. The lowest BCUT2D eigenvalue weighted by Gasteiger charge is -2.32. The summed E-state index contributed by atoms with van der Waals surface area (Å²) in [4.78, 5) is 2.69. The topological polar surface area (TPSA) is 21.7 Å². The van der Waals surface area contributed by atoms with E-state index in [1.54, 1.807) is 0 Å². The number of rotatable bonds is 1. The van der Waals surface area contributed by atoms with Gasteiger partial charge in [-0.15, -0.1) is 0 Å². The molecule has 86 valence electrons. The number of ether oxygens (including phenoxy) is 2. The Morgan fingerprint density at radius 1 is 1.00 bits per heavy atom. The van der Waals surface area contributed by atoms with Crippen molar-refractivity contribution in [3.05, 3.63) is 0 Å². The summed E-state index contributed by atoms with van der Waals surface area (Å²) < 4.78 is 11.0. The molecule has 0 amide bonds. The molecule has 3 aliphatic heterocycles. The first-order valence-corrected chi connectivity index (χ1v) is 6.28. The van der Waals surface area contributed by atoms with E-state index in [4.69, 9.17) is 9.47 Å². The highest BCUT2D eigenvalue weighted by Gasteiger charge is 2.43.